The first-order valence-electron chi connectivity index (χ1n) is 9.49. The molecule has 0 unspecified atom stereocenters. The molecule has 0 atom stereocenters. The molecule has 2 aliphatic rings. The zero-order valence-electron chi connectivity index (χ0n) is 14.9. The molecule has 2 N–H and O–H groups in total. The number of nitrogens with one attached hydrogen (secondary N) is 2. The van der Waals surface area contributed by atoms with Gasteiger partial charge in [0.05, 0.1) is 0 Å². The number of likely N-dealkylation sites (tertiary alicyclic amines) is 1. The van der Waals surface area contributed by atoms with Gasteiger partial charge in [0, 0.05) is 38.4 Å². The van der Waals surface area contributed by atoms with Gasteiger partial charge in [-0.3, -0.25) is 14.3 Å². The minimum atomic E-state index is -0.638. The van der Waals surface area contributed by atoms with E-state index in [1.807, 2.05) is 17.2 Å². The molecule has 0 aliphatic carbocycles. The second kappa shape index (κ2) is 8.47. The second-order valence-corrected chi connectivity index (χ2v) is 7.03. The quantitative estimate of drug-likeness (QED) is 0.828. The summed E-state index contributed by atoms with van der Waals surface area (Å²) in [5.41, 5.74) is -0.638. The van der Waals surface area contributed by atoms with Gasteiger partial charge in [0.2, 0.25) is 11.8 Å². The van der Waals surface area contributed by atoms with Crippen LogP contribution in [-0.2, 0) is 15.1 Å². The second-order valence-electron chi connectivity index (χ2n) is 7.03. The van der Waals surface area contributed by atoms with E-state index in [0.29, 0.717) is 25.8 Å². The van der Waals surface area contributed by atoms with Gasteiger partial charge < -0.3 is 15.5 Å². The van der Waals surface area contributed by atoms with Gasteiger partial charge in [-0.25, -0.2) is 0 Å². The van der Waals surface area contributed by atoms with Gasteiger partial charge in [0.25, 0.3) is 0 Å². The third kappa shape index (κ3) is 4.21. The molecule has 0 spiro atoms. The van der Waals surface area contributed by atoms with Crippen LogP contribution in [0.15, 0.2) is 18.5 Å². The zero-order valence-corrected chi connectivity index (χ0v) is 14.9. The van der Waals surface area contributed by atoms with Crippen molar-refractivity contribution in [2.24, 2.45) is 0 Å². The van der Waals surface area contributed by atoms with Crippen molar-refractivity contribution in [1.29, 1.82) is 0 Å². The Morgan fingerprint density at radius 1 is 1.12 bits per heavy atom. The van der Waals surface area contributed by atoms with Gasteiger partial charge in [-0.15, -0.1) is 0 Å². The van der Waals surface area contributed by atoms with E-state index in [1.165, 1.54) is 12.8 Å². The number of aromatic nitrogens is 2. The molecular formula is C18H29N5O2. The molecule has 1 aromatic rings. The van der Waals surface area contributed by atoms with E-state index in [2.05, 4.69) is 15.7 Å². The van der Waals surface area contributed by atoms with Crippen LogP contribution in [0.4, 0.5) is 0 Å². The third-order valence-corrected chi connectivity index (χ3v) is 5.38. The maximum absolute atomic E-state index is 12.9. The number of carbonyl (C=O) groups is 2. The van der Waals surface area contributed by atoms with Crippen LogP contribution >= 0.6 is 0 Å². The monoisotopic (exact) mass is 347 g/mol. The van der Waals surface area contributed by atoms with Crippen molar-refractivity contribution in [2.45, 2.75) is 50.5 Å². The Morgan fingerprint density at radius 3 is 2.48 bits per heavy atom. The van der Waals surface area contributed by atoms with Crippen molar-refractivity contribution in [2.75, 3.05) is 32.7 Å². The van der Waals surface area contributed by atoms with Crippen LogP contribution in [0.1, 0.15) is 44.9 Å². The maximum Gasteiger partial charge on any atom is 0.248 e. The van der Waals surface area contributed by atoms with Gasteiger partial charge in [0.15, 0.2) is 0 Å². The third-order valence-electron chi connectivity index (χ3n) is 5.38. The van der Waals surface area contributed by atoms with Crippen molar-refractivity contribution in [1.82, 2.24) is 25.3 Å². The van der Waals surface area contributed by atoms with E-state index in [-0.39, 0.29) is 11.8 Å². The molecule has 138 valence electrons. The van der Waals surface area contributed by atoms with Crippen molar-refractivity contribution < 1.29 is 9.59 Å². The summed E-state index contributed by atoms with van der Waals surface area (Å²) in [4.78, 5) is 27.2. The molecule has 0 aromatic carbocycles. The Kier molecular flexibility index (Phi) is 6.07. The summed E-state index contributed by atoms with van der Waals surface area (Å²) in [6.07, 6.45) is 9.95. The molecular weight excluding hydrogens is 318 g/mol. The summed E-state index contributed by atoms with van der Waals surface area (Å²) in [6.45, 7) is 3.69. The molecule has 1 aromatic heterocycles. The van der Waals surface area contributed by atoms with E-state index in [9.17, 15) is 9.59 Å². The van der Waals surface area contributed by atoms with Crippen molar-refractivity contribution in [3.63, 3.8) is 0 Å². The fraction of sp³-hybridized carbons (Fsp3) is 0.722. The molecule has 0 saturated carbocycles. The molecule has 7 heteroatoms. The Morgan fingerprint density at radius 2 is 1.84 bits per heavy atom. The number of rotatable bonds is 5. The lowest BCUT2D eigenvalue weighted by molar-refractivity contribution is -0.133. The van der Waals surface area contributed by atoms with Crippen molar-refractivity contribution >= 4 is 11.8 Å². The van der Waals surface area contributed by atoms with E-state index in [4.69, 9.17) is 0 Å². The summed E-state index contributed by atoms with van der Waals surface area (Å²) in [5.74, 6) is 0.127. The molecule has 0 bridgehead atoms. The number of carbonyl (C=O) groups excluding carboxylic acids is 2. The Labute approximate surface area is 149 Å². The molecule has 2 amide bonds. The van der Waals surface area contributed by atoms with E-state index in [0.717, 1.165) is 39.0 Å². The van der Waals surface area contributed by atoms with Crippen LogP contribution in [0.3, 0.4) is 0 Å². The first-order valence-corrected chi connectivity index (χ1v) is 9.49. The number of hydrogen-bond donors (Lipinski definition) is 2. The molecule has 2 aliphatic heterocycles. The fourth-order valence-corrected chi connectivity index (χ4v) is 3.85. The van der Waals surface area contributed by atoms with E-state index >= 15 is 0 Å². The highest BCUT2D eigenvalue weighted by molar-refractivity contribution is 5.85. The first kappa shape index (κ1) is 17.9. The van der Waals surface area contributed by atoms with Gasteiger partial charge in [0.1, 0.15) is 5.54 Å². The number of hydrogen-bond acceptors (Lipinski definition) is 4. The average molecular weight is 347 g/mol. The SMILES string of the molecule is O=C(CCNC(=O)C1(n2cccn2)CCNCC1)N1CCCCCC1. The highest BCUT2D eigenvalue weighted by atomic mass is 16.2. The van der Waals surface area contributed by atoms with Crippen LogP contribution in [0, 0.1) is 0 Å². The predicted octanol–water partition coefficient (Wildman–Crippen LogP) is 0.871. The first-order chi connectivity index (χ1) is 12.2. The molecule has 3 heterocycles. The molecule has 7 nitrogen and oxygen atoms in total. The van der Waals surface area contributed by atoms with Crippen molar-refractivity contribution in [3.05, 3.63) is 18.5 Å². The van der Waals surface area contributed by atoms with Crippen LogP contribution < -0.4 is 10.6 Å². The Bertz CT molecular complexity index is 558. The summed E-state index contributed by atoms with van der Waals surface area (Å²) in [7, 11) is 0. The minimum absolute atomic E-state index is 0.0265. The Balaban J connectivity index is 1.54. The molecule has 3 rings (SSSR count). The fourth-order valence-electron chi connectivity index (χ4n) is 3.85. The summed E-state index contributed by atoms with van der Waals surface area (Å²) < 4.78 is 1.78. The standard InChI is InChI=1S/C18H29N5O2/c24-16(22-13-3-1-2-4-14-22)6-10-20-17(25)18(7-11-19-12-8-18)23-15-5-9-21-23/h5,9,15,19H,1-4,6-8,10-14H2,(H,20,25). The lowest BCUT2D eigenvalue weighted by Crippen LogP contribution is -2.55. The summed E-state index contributed by atoms with van der Waals surface area (Å²) >= 11 is 0. The average Bonchev–Trinajstić information content (AvgIpc) is 3.05. The van der Waals surface area contributed by atoms with Crippen LogP contribution in [-0.4, -0.2) is 59.2 Å². The molecule has 2 saturated heterocycles. The van der Waals surface area contributed by atoms with Crippen molar-refractivity contribution in [3.8, 4) is 0 Å². The van der Waals surface area contributed by atoms with Gasteiger partial charge in [-0.2, -0.15) is 5.10 Å². The largest absolute Gasteiger partial charge is 0.353 e. The number of piperidine rings is 1. The van der Waals surface area contributed by atoms with Gasteiger partial charge in [-0.1, -0.05) is 12.8 Å². The number of amides is 2. The Hall–Kier alpha value is -1.89. The minimum Gasteiger partial charge on any atom is -0.353 e. The van der Waals surface area contributed by atoms with E-state index in [1.54, 1.807) is 10.9 Å². The lowest BCUT2D eigenvalue weighted by atomic mass is 9.87. The van der Waals surface area contributed by atoms with Crippen LogP contribution in [0.25, 0.3) is 0 Å². The smallest absolute Gasteiger partial charge is 0.248 e. The van der Waals surface area contributed by atoms with Crippen LogP contribution in [0.2, 0.25) is 0 Å². The number of nitrogens with zero attached hydrogens (tertiary/aromatic N) is 3. The predicted molar refractivity (Wildman–Crippen MR) is 95.0 cm³/mol. The summed E-state index contributed by atoms with van der Waals surface area (Å²) in [6, 6.07) is 1.85. The topological polar surface area (TPSA) is 79.3 Å². The molecule has 25 heavy (non-hydrogen) atoms. The normalized spacial score (nSPS) is 20.7. The highest BCUT2D eigenvalue weighted by Crippen LogP contribution is 2.27. The van der Waals surface area contributed by atoms with Gasteiger partial charge in [-0.05, 0) is 44.8 Å². The molecule has 0 radical (unpaired) electrons. The maximum atomic E-state index is 12.9. The lowest BCUT2D eigenvalue weighted by Gasteiger charge is -2.36. The van der Waals surface area contributed by atoms with Crippen LogP contribution in [0.5, 0.6) is 0 Å². The zero-order chi connectivity index (χ0) is 17.5. The highest BCUT2D eigenvalue weighted by Gasteiger charge is 2.41. The van der Waals surface area contributed by atoms with Gasteiger partial charge >= 0.3 is 0 Å². The van der Waals surface area contributed by atoms with E-state index < -0.39 is 5.54 Å². The summed E-state index contributed by atoms with van der Waals surface area (Å²) in [5, 5.41) is 10.6. The molecule has 2 fully saturated rings.